The lowest BCUT2D eigenvalue weighted by atomic mass is 9.84. The number of anilines is 2. The van der Waals surface area contributed by atoms with Crippen LogP contribution in [-0.4, -0.2) is 55.4 Å². The molecule has 0 saturated carbocycles. The van der Waals surface area contributed by atoms with Gasteiger partial charge in [-0.1, -0.05) is 19.1 Å². The monoisotopic (exact) mass is 371 g/mol. The second kappa shape index (κ2) is 8.30. The van der Waals surface area contributed by atoms with E-state index in [1.807, 2.05) is 13.2 Å². The van der Waals surface area contributed by atoms with E-state index < -0.39 is 0 Å². The first-order chi connectivity index (χ1) is 12.9. The molecule has 0 amide bonds. The van der Waals surface area contributed by atoms with Crippen molar-refractivity contribution >= 4 is 11.4 Å². The molecule has 2 aliphatic heterocycles. The van der Waals surface area contributed by atoms with Crippen LogP contribution in [0.2, 0.25) is 0 Å². The van der Waals surface area contributed by atoms with Gasteiger partial charge >= 0.3 is 0 Å². The summed E-state index contributed by atoms with van der Waals surface area (Å²) in [6, 6.07) is 6.59. The van der Waals surface area contributed by atoms with Gasteiger partial charge in [0.2, 0.25) is 0 Å². The van der Waals surface area contributed by atoms with E-state index in [4.69, 9.17) is 4.74 Å². The summed E-state index contributed by atoms with van der Waals surface area (Å²) in [4.78, 5) is 4.56. The maximum absolute atomic E-state index is 5.07. The van der Waals surface area contributed by atoms with E-state index in [9.17, 15) is 0 Å². The van der Waals surface area contributed by atoms with Crippen LogP contribution in [0.4, 0.5) is 11.4 Å². The molecule has 2 fully saturated rings. The summed E-state index contributed by atoms with van der Waals surface area (Å²) in [7, 11) is 6.03. The number of benzene rings is 1. The van der Waals surface area contributed by atoms with E-state index in [-0.39, 0.29) is 0 Å². The molecule has 0 N–H and O–H groups in total. The van der Waals surface area contributed by atoms with Crippen LogP contribution in [0.3, 0.4) is 0 Å². The third kappa shape index (κ3) is 5.01. The molecule has 1 aromatic heterocycles. The minimum atomic E-state index is 0.432. The lowest BCUT2D eigenvalue weighted by molar-refractivity contribution is 0.0968. The Bertz CT molecular complexity index is 729. The zero-order valence-corrected chi connectivity index (χ0v) is 17.4. The van der Waals surface area contributed by atoms with Gasteiger partial charge in [-0.2, -0.15) is 0 Å². The second-order valence-electron chi connectivity index (χ2n) is 8.57. The summed E-state index contributed by atoms with van der Waals surface area (Å²) in [6.07, 6.45) is 5.88. The van der Waals surface area contributed by atoms with E-state index in [1.54, 1.807) is 4.68 Å². The van der Waals surface area contributed by atoms with Crippen molar-refractivity contribution in [2.45, 2.75) is 33.1 Å². The molecule has 2 aliphatic rings. The molecule has 0 atom stereocenters. The summed E-state index contributed by atoms with van der Waals surface area (Å²) in [5.41, 5.74) is 4.93. The smallest absolute Gasteiger partial charge is 0.115 e. The first kappa shape index (κ1) is 19.7. The first-order valence-corrected chi connectivity index (χ1v) is 9.86. The molecule has 0 bridgehead atoms. The summed E-state index contributed by atoms with van der Waals surface area (Å²) in [6.45, 7) is 8.85. The number of hydrogen-bond acceptors (Lipinski definition) is 5. The van der Waals surface area contributed by atoms with Crippen molar-refractivity contribution in [1.29, 1.82) is 0 Å². The molecule has 2 aromatic rings. The molecule has 0 unspecified atom stereocenters. The third-order valence-corrected chi connectivity index (χ3v) is 5.02. The van der Waals surface area contributed by atoms with Crippen LogP contribution in [-0.2, 0) is 11.8 Å². The summed E-state index contributed by atoms with van der Waals surface area (Å²) >= 11 is 0. The zero-order chi connectivity index (χ0) is 19.4. The Kier molecular flexibility index (Phi) is 6.05. The number of nitrogens with zero attached hydrogens (tertiary/aromatic N) is 5. The SMILES string of the molecule is C1CCOCC1.CN(C)c1cc(N2CC(C)(C)C2)ccc1-c1cn(C)nn1. The molecular weight excluding hydrogens is 338 g/mol. The molecule has 0 spiro atoms. The first-order valence-electron chi connectivity index (χ1n) is 9.86. The lowest BCUT2D eigenvalue weighted by Gasteiger charge is -2.47. The molecular formula is C21H33N5O. The molecule has 4 rings (SSSR count). The summed E-state index contributed by atoms with van der Waals surface area (Å²) < 4.78 is 6.81. The van der Waals surface area contributed by atoms with Crippen molar-refractivity contribution in [3.8, 4) is 11.3 Å². The van der Waals surface area contributed by atoms with Crippen LogP contribution in [0, 0.1) is 5.41 Å². The molecule has 2 saturated heterocycles. The fraction of sp³-hybridized carbons (Fsp3) is 0.619. The molecule has 148 valence electrons. The maximum Gasteiger partial charge on any atom is 0.115 e. The van der Waals surface area contributed by atoms with Crippen molar-refractivity contribution in [2.75, 3.05) is 50.2 Å². The number of rotatable bonds is 3. The van der Waals surface area contributed by atoms with Gasteiger partial charge in [-0.05, 0) is 42.9 Å². The van der Waals surface area contributed by atoms with Crippen molar-refractivity contribution in [2.24, 2.45) is 12.5 Å². The van der Waals surface area contributed by atoms with E-state index in [0.29, 0.717) is 5.41 Å². The van der Waals surface area contributed by atoms with Crippen LogP contribution >= 0.6 is 0 Å². The van der Waals surface area contributed by atoms with Crippen LogP contribution < -0.4 is 9.80 Å². The van der Waals surface area contributed by atoms with Gasteiger partial charge in [0.05, 0.1) is 6.20 Å². The molecule has 6 heteroatoms. The van der Waals surface area contributed by atoms with Crippen molar-refractivity contribution in [3.63, 3.8) is 0 Å². The van der Waals surface area contributed by atoms with Gasteiger partial charge in [0, 0.05) is 64.4 Å². The highest BCUT2D eigenvalue weighted by Crippen LogP contribution is 2.37. The average Bonchev–Trinajstić information content (AvgIpc) is 3.07. The Morgan fingerprint density at radius 1 is 1.07 bits per heavy atom. The minimum absolute atomic E-state index is 0.432. The van der Waals surface area contributed by atoms with E-state index in [0.717, 1.165) is 37.6 Å². The molecule has 0 aliphatic carbocycles. The zero-order valence-electron chi connectivity index (χ0n) is 17.4. The van der Waals surface area contributed by atoms with Gasteiger partial charge in [-0.15, -0.1) is 5.10 Å². The highest BCUT2D eigenvalue weighted by atomic mass is 16.5. The average molecular weight is 372 g/mol. The maximum atomic E-state index is 5.07. The van der Waals surface area contributed by atoms with Crippen molar-refractivity contribution in [1.82, 2.24) is 15.0 Å². The highest BCUT2D eigenvalue weighted by molar-refractivity contribution is 5.79. The van der Waals surface area contributed by atoms with Crippen LogP contribution in [0.25, 0.3) is 11.3 Å². The van der Waals surface area contributed by atoms with Gasteiger partial charge in [0.1, 0.15) is 5.69 Å². The summed E-state index contributed by atoms with van der Waals surface area (Å²) in [5, 5.41) is 8.27. The second-order valence-corrected chi connectivity index (χ2v) is 8.57. The Morgan fingerprint density at radius 2 is 1.78 bits per heavy atom. The quantitative estimate of drug-likeness (QED) is 0.825. The normalized spacial score (nSPS) is 18.3. The predicted octanol–water partition coefficient (Wildman–Crippen LogP) is 3.58. The van der Waals surface area contributed by atoms with Crippen LogP contribution in [0.15, 0.2) is 24.4 Å². The topological polar surface area (TPSA) is 46.4 Å². The molecule has 27 heavy (non-hydrogen) atoms. The Hall–Kier alpha value is -2.08. The van der Waals surface area contributed by atoms with E-state index in [1.165, 1.54) is 30.6 Å². The van der Waals surface area contributed by atoms with Gasteiger partial charge in [-0.3, -0.25) is 4.68 Å². The fourth-order valence-corrected chi connectivity index (χ4v) is 3.63. The highest BCUT2D eigenvalue weighted by Gasteiger charge is 2.34. The van der Waals surface area contributed by atoms with Crippen LogP contribution in [0.5, 0.6) is 0 Å². The number of ether oxygens (including phenoxy) is 1. The minimum Gasteiger partial charge on any atom is -0.381 e. The van der Waals surface area contributed by atoms with E-state index in [2.05, 4.69) is 66.3 Å². The van der Waals surface area contributed by atoms with Crippen LogP contribution in [0.1, 0.15) is 33.1 Å². The number of hydrogen-bond donors (Lipinski definition) is 0. The number of aromatic nitrogens is 3. The summed E-state index contributed by atoms with van der Waals surface area (Å²) in [5.74, 6) is 0. The van der Waals surface area contributed by atoms with Gasteiger partial charge < -0.3 is 14.5 Å². The largest absolute Gasteiger partial charge is 0.381 e. The van der Waals surface area contributed by atoms with Gasteiger partial charge in [0.15, 0.2) is 0 Å². The van der Waals surface area contributed by atoms with Gasteiger partial charge in [0.25, 0.3) is 0 Å². The molecule has 3 heterocycles. The predicted molar refractivity (Wildman–Crippen MR) is 111 cm³/mol. The number of aryl methyl sites for hydroxylation is 1. The molecule has 1 aromatic carbocycles. The Balaban J connectivity index is 0.000000299. The third-order valence-electron chi connectivity index (χ3n) is 5.02. The Labute approximate surface area is 163 Å². The van der Waals surface area contributed by atoms with Crippen molar-refractivity contribution in [3.05, 3.63) is 24.4 Å². The van der Waals surface area contributed by atoms with Crippen molar-refractivity contribution < 1.29 is 4.74 Å². The van der Waals surface area contributed by atoms with Gasteiger partial charge in [-0.25, -0.2) is 0 Å². The Morgan fingerprint density at radius 3 is 2.22 bits per heavy atom. The molecule has 0 radical (unpaired) electrons. The lowest BCUT2D eigenvalue weighted by Crippen LogP contribution is -2.53. The standard InChI is InChI=1S/C16H23N5.C5H10O/c1-16(2)10-21(11-16)12-6-7-13(15(8-12)19(3)4)14-9-20(5)18-17-14;1-2-4-6-5-3-1/h6-9H,10-11H2,1-5H3;1-5H2. The molecule has 6 nitrogen and oxygen atoms in total. The fourth-order valence-electron chi connectivity index (χ4n) is 3.63. The van der Waals surface area contributed by atoms with E-state index >= 15 is 0 Å².